The topological polar surface area (TPSA) is 3.24 Å². The lowest BCUT2D eigenvalue weighted by molar-refractivity contribution is 0.0890. The van der Waals surface area contributed by atoms with Crippen molar-refractivity contribution >= 4 is 0 Å². The van der Waals surface area contributed by atoms with Gasteiger partial charge in [-0.05, 0) is 45.4 Å². The minimum atomic E-state index is 0.752. The molecular weight excluding hydrogens is 146 g/mol. The van der Waals surface area contributed by atoms with Crippen molar-refractivity contribution in [3.8, 4) is 0 Å². The zero-order valence-electron chi connectivity index (χ0n) is 8.75. The molecule has 0 N–H and O–H groups in total. The van der Waals surface area contributed by atoms with Crippen molar-refractivity contribution in [3.63, 3.8) is 0 Å². The molecule has 0 aromatic heterocycles. The Morgan fingerprint density at radius 3 is 2.25 bits per heavy atom. The lowest BCUT2D eigenvalue weighted by atomic mass is 9.90. The van der Waals surface area contributed by atoms with E-state index in [2.05, 4.69) is 32.6 Å². The van der Waals surface area contributed by atoms with Crippen LogP contribution in [-0.2, 0) is 0 Å². The van der Waals surface area contributed by atoms with Crippen LogP contribution in [0.15, 0.2) is 0 Å². The number of likely N-dealkylation sites (tertiary alicyclic amines) is 1. The van der Waals surface area contributed by atoms with E-state index in [1.165, 1.54) is 12.8 Å². The van der Waals surface area contributed by atoms with E-state index in [-0.39, 0.29) is 0 Å². The van der Waals surface area contributed by atoms with Crippen molar-refractivity contribution in [1.82, 2.24) is 4.90 Å². The summed E-state index contributed by atoms with van der Waals surface area (Å²) in [7, 11) is 0. The molecule has 1 aliphatic heterocycles. The fourth-order valence-electron chi connectivity index (χ4n) is 3.61. The zero-order chi connectivity index (χ0) is 8.88. The molecule has 2 fully saturated rings. The fraction of sp³-hybridized carbons (Fsp3) is 1.00. The molecule has 0 amide bonds. The van der Waals surface area contributed by atoms with Crippen LogP contribution in [0.4, 0.5) is 0 Å². The predicted octanol–water partition coefficient (Wildman–Crippen LogP) is 2.51. The van der Waals surface area contributed by atoms with Crippen LogP contribution in [-0.4, -0.2) is 23.0 Å². The van der Waals surface area contributed by atoms with Gasteiger partial charge in [-0.15, -0.1) is 0 Å². The lowest BCUT2D eigenvalue weighted by Crippen LogP contribution is -2.45. The Morgan fingerprint density at radius 1 is 1.17 bits per heavy atom. The third-order valence-electron chi connectivity index (χ3n) is 4.03. The van der Waals surface area contributed by atoms with Gasteiger partial charge in [0.1, 0.15) is 0 Å². The van der Waals surface area contributed by atoms with Crippen LogP contribution in [0, 0.1) is 11.8 Å². The lowest BCUT2D eigenvalue weighted by Gasteiger charge is -2.38. The highest BCUT2D eigenvalue weighted by Crippen LogP contribution is 2.46. The third kappa shape index (κ3) is 1.02. The summed E-state index contributed by atoms with van der Waals surface area (Å²) in [4.78, 5) is 2.73. The van der Waals surface area contributed by atoms with E-state index >= 15 is 0 Å². The van der Waals surface area contributed by atoms with Crippen molar-refractivity contribution in [3.05, 3.63) is 0 Å². The molecule has 1 nitrogen and oxygen atoms in total. The first-order chi connectivity index (χ1) is 5.61. The molecule has 1 saturated carbocycles. The van der Waals surface area contributed by atoms with Crippen molar-refractivity contribution in [2.75, 3.05) is 0 Å². The van der Waals surface area contributed by atoms with Gasteiger partial charge < -0.3 is 0 Å². The number of rotatable bonds is 1. The van der Waals surface area contributed by atoms with Gasteiger partial charge in [0.2, 0.25) is 0 Å². The summed E-state index contributed by atoms with van der Waals surface area (Å²) in [5, 5.41) is 0. The van der Waals surface area contributed by atoms with E-state index in [1.54, 1.807) is 0 Å². The standard InChI is InChI=1S/C11H21N/c1-7(2)12-9(4)11-6-10(12)5-8(11)3/h7-11H,5-6H2,1-4H3/t8?,9-,10-,11-/m1/s1. The molecule has 1 heteroatoms. The molecule has 1 aliphatic carbocycles. The molecule has 0 aromatic rings. The Kier molecular flexibility index (Phi) is 1.95. The highest BCUT2D eigenvalue weighted by Gasteiger charge is 2.47. The second-order valence-electron chi connectivity index (χ2n) is 5.05. The zero-order valence-corrected chi connectivity index (χ0v) is 8.75. The quantitative estimate of drug-likeness (QED) is 0.580. The van der Waals surface area contributed by atoms with Crippen LogP contribution in [0.25, 0.3) is 0 Å². The van der Waals surface area contributed by atoms with E-state index in [0.717, 1.165) is 30.0 Å². The van der Waals surface area contributed by atoms with Crippen LogP contribution in [0.2, 0.25) is 0 Å². The van der Waals surface area contributed by atoms with Crippen LogP contribution in [0.3, 0.4) is 0 Å². The number of piperidine rings is 1. The molecule has 12 heavy (non-hydrogen) atoms. The van der Waals surface area contributed by atoms with Gasteiger partial charge >= 0.3 is 0 Å². The first-order valence-electron chi connectivity index (χ1n) is 5.38. The Hall–Kier alpha value is -0.0400. The highest BCUT2D eigenvalue weighted by molar-refractivity contribution is 5.01. The molecule has 1 heterocycles. The van der Waals surface area contributed by atoms with Gasteiger partial charge in [-0.2, -0.15) is 0 Å². The van der Waals surface area contributed by atoms with Gasteiger partial charge in [0, 0.05) is 18.1 Å². The maximum absolute atomic E-state index is 2.73. The third-order valence-corrected chi connectivity index (χ3v) is 4.03. The Balaban J connectivity index is 2.13. The van der Waals surface area contributed by atoms with Gasteiger partial charge in [0.15, 0.2) is 0 Å². The van der Waals surface area contributed by atoms with E-state index in [4.69, 9.17) is 0 Å². The molecule has 0 radical (unpaired) electrons. The van der Waals surface area contributed by atoms with Gasteiger partial charge in [-0.1, -0.05) is 6.92 Å². The molecule has 0 spiro atoms. The van der Waals surface area contributed by atoms with Crippen LogP contribution >= 0.6 is 0 Å². The molecule has 1 unspecified atom stereocenters. The van der Waals surface area contributed by atoms with E-state index in [9.17, 15) is 0 Å². The number of fused-ring (bicyclic) bond motifs is 2. The minimum absolute atomic E-state index is 0.752. The summed E-state index contributed by atoms with van der Waals surface area (Å²) >= 11 is 0. The maximum Gasteiger partial charge on any atom is 0.0107 e. The molecule has 1 saturated heterocycles. The number of nitrogens with zero attached hydrogens (tertiary/aromatic N) is 1. The predicted molar refractivity (Wildman–Crippen MR) is 52.1 cm³/mol. The Bertz CT molecular complexity index is 174. The number of hydrogen-bond donors (Lipinski definition) is 0. The molecule has 70 valence electrons. The summed E-state index contributed by atoms with van der Waals surface area (Å²) in [6.07, 6.45) is 2.92. The first kappa shape index (κ1) is 8.55. The molecule has 2 aliphatic rings. The van der Waals surface area contributed by atoms with Gasteiger partial charge in [0.25, 0.3) is 0 Å². The number of hydrogen-bond acceptors (Lipinski definition) is 1. The first-order valence-corrected chi connectivity index (χ1v) is 5.38. The summed E-state index contributed by atoms with van der Waals surface area (Å²) in [5.74, 6) is 1.98. The van der Waals surface area contributed by atoms with Crippen molar-refractivity contribution in [2.45, 2.75) is 58.7 Å². The van der Waals surface area contributed by atoms with Crippen LogP contribution < -0.4 is 0 Å². The Morgan fingerprint density at radius 2 is 1.83 bits per heavy atom. The SMILES string of the molecule is CC1C[C@@H]2C[C@H]1[C@@H](C)N2C(C)C. The van der Waals surface area contributed by atoms with Crippen molar-refractivity contribution in [2.24, 2.45) is 11.8 Å². The van der Waals surface area contributed by atoms with Crippen molar-refractivity contribution < 1.29 is 0 Å². The molecule has 2 bridgehead atoms. The second kappa shape index (κ2) is 2.73. The average molecular weight is 167 g/mol. The minimum Gasteiger partial charge on any atom is -0.295 e. The van der Waals surface area contributed by atoms with Gasteiger partial charge in [-0.3, -0.25) is 4.90 Å². The largest absolute Gasteiger partial charge is 0.295 e. The monoisotopic (exact) mass is 167 g/mol. The van der Waals surface area contributed by atoms with Crippen molar-refractivity contribution in [1.29, 1.82) is 0 Å². The normalized spacial score (nSPS) is 47.8. The summed E-state index contributed by atoms with van der Waals surface area (Å²) in [6.45, 7) is 9.52. The summed E-state index contributed by atoms with van der Waals surface area (Å²) in [6, 6.07) is 2.52. The van der Waals surface area contributed by atoms with E-state index in [0.29, 0.717) is 0 Å². The van der Waals surface area contributed by atoms with Gasteiger partial charge in [-0.25, -0.2) is 0 Å². The van der Waals surface area contributed by atoms with E-state index in [1.807, 2.05) is 0 Å². The fourth-order valence-corrected chi connectivity index (χ4v) is 3.61. The highest BCUT2D eigenvalue weighted by atomic mass is 15.2. The summed E-state index contributed by atoms with van der Waals surface area (Å²) in [5.41, 5.74) is 0. The second-order valence-corrected chi connectivity index (χ2v) is 5.05. The molecule has 2 rings (SSSR count). The van der Waals surface area contributed by atoms with E-state index < -0.39 is 0 Å². The molecule has 0 aromatic carbocycles. The molecular formula is C11H21N. The van der Waals surface area contributed by atoms with Gasteiger partial charge in [0.05, 0.1) is 0 Å². The van der Waals surface area contributed by atoms with Crippen LogP contribution in [0.5, 0.6) is 0 Å². The Labute approximate surface area is 76.1 Å². The van der Waals surface area contributed by atoms with Crippen LogP contribution in [0.1, 0.15) is 40.5 Å². The smallest absolute Gasteiger partial charge is 0.0107 e. The molecule has 4 atom stereocenters. The maximum atomic E-state index is 2.73. The average Bonchev–Trinajstić information content (AvgIpc) is 2.42. The summed E-state index contributed by atoms with van der Waals surface area (Å²) < 4.78 is 0.